The molecule has 2 aromatic heterocycles. The number of carbonyl (C=O) groups is 2. The van der Waals surface area contributed by atoms with Crippen LogP contribution in [0.25, 0.3) is 22.8 Å². The minimum atomic E-state index is -0.981. The van der Waals surface area contributed by atoms with Crippen molar-refractivity contribution < 1.29 is 43.8 Å². The maximum absolute atomic E-state index is 11.1. The van der Waals surface area contributed by atoms with Crippen LogP contribution >= 0.6 is 23.2 Å². The number of allylic oxidation sites excluding steroid dienone is 2. The van der Waals surface area contributed by atoms with Crippen LogP contribution in [0.4, 0.5) is 0 Å². The molecule has 0 bridgehead atoms. The predicted octanol–water partition coefficient (Wildman–Crippen LogP) is 1.78. The Hall–Kier alpha value is -3.72. The first kappa shape index (κ1) is 34.3. The quantitative estimate of drug-likeness (QED) is 0.178. The second kappa shape index (κ2) is 17.8. The Morgan fingerprint density at radius 3 is 1.77 bits per heavy atom. The van der Waals surface area contributed by atoms with E-state index in [9.17, 15) is 9.59 Å². The third kappa shape index (κ3) is 11.6. The van der Waals surface area contributed by atoms with E-state index in [1.807, 2.05) is 24.3 Å². The summed E-state index contributed by atoms with van der Waals surface area (Å²) in [6, 6.07) is 14.6. The fourth-order valence-electron chi connectivity index (χ4n) is 2.99. The van der Waals surface area contributed by atoms with Crippen LogP contribution in [-0.2, 0) is 27.4 Å². The molecule has 0 unspecified atom stereocenters. The van der Waals surface area contributed by atoms with Crippen molar-refractivity contribution in [2.24, 2.45) is 0 Å². The molecule has 14 heteroatoms. The Morgan fingerprint density at radius 1 is 0.875 bits per heavy atom. The third-order valence-electron chi connectivity index (χ3n) is 4.62. The van der Waals surface area contributed by atoms with Gasteiger partial charge >= 0.3 is 30.8 Å². The number of carboxylic acids is 1. The van der Waals surface area contributed by atoms with Gasteiger partial charge in [-0.3, -0.25) is 0 Å². The smallest absolute Gasteiger partial charge is 0.870 e. The van der Waals surface area contributed by atoms with Crippen LogP contribution in [0.1, 0.15) is 6.92 Å². The molecule has 4 rings (SSSR count). The molecule has 0 spiro atoms. The van der Waals surface area contributed by atoms with E-state index >= 15 is 0 Å². The zero-order valence-electron chi connectivity index (χ0n) is 21.8. The summed E-state index contributed by atoms with van der Waals surface area (Å²) in [5, 5.41) is 18.2. The topological polar surface area (TPSA) is 155 Å². The zero-order valence-corrected chi connectivity index (χ0v) is 23.3. The van der Waals surface area contributed by atoms with Crippen LogP contribution in [0.15, 0.2) is 85.5 Å². The Balaban J connectivity index is 0.000000383. The van der Waals surface area contributed by atoms with Crippen LogP contribution in [0.3, 0.4) is 0 Å². The van der Waals surface area contributed by atoms with Gasteiger partial charge in [-0.15, -0.1) is 0 Å². The Labute approximate surface area is 252 Å². The van der Waals surface area contributed by atoms with Gasteiger partial charge in [0.25, 0.3) is 0 Å². The second-order valence-corrected chi connectivity index (χ2v) is 8.37. The summed E-state index contributed by atoms with van der Waals surface area (Å²) in [4.78, 5) is 29.8. The Morgan fingerprint density at radius 2 is 1.35 bits per heavy atom. The van der Waals surface area contributed by atoms with E-state index < -0.39 is 5.97 Å². The largest absolute Gasteiger partial charge is 1.00 e. The SMILES string of the molecule is CCOC(=O)/C=C/Cn1cnc(-c2cccc(Cl)c2)n1.O=C(O)/C=C/Cn1cnc(-c2cccc(Cl)c2)n1.[Li+].[OH-]. The van der Waals surface area contributed by atoms with Gasteiger partial charge in [0, 0.05) is 33.3 Å². The number of esters is 1. The molecule has 0 amide bonds. The van der Waals surface area contributed by atoms with Gasteiger partial charge in [-0.05, 0) is 31.2 Å². The summed E-state index contributed by atoms with van der Waals surface area (Å²) >= 11 is 11.8. The first-order valence-electron chi connectivity index (χ1n) is 11.4. The molecule has 0 aliphatic carbocycles. The van der Waals surface area contributed by atoms with E-state index in [-0.39, 0.29) is 30.3 Å². The maximum atomic E-state index is 11.1. The molecule has 204 valence electrons. The molecular formula is C26H25Cl2LiN6O5. The van der Waals surface area contributed by atoms with Crippen LogP contribution in [0.2, 0.25) is 10.0 Å². The van der Waals surface area contributed by atoms with Crippen molar-refractivity contribution in [3.05, 3.63) is 95.5 Å². The Bertz CT molecular complexity index is 1440. The van der Waals surface area contributed by atoms with Crippen LogP contribution < -0.4 is 18.9 Å². The summed E-state index contributed by atoms with van der Waals surface area (Å²) in [6.07, 6.45) is 8.77. The second-order valence-electron chi connectivity index (χ2n) is 7.50. The standard InChI is InChI=1S/C14H14ClN3O2.C12H10ClN3O2.Li.H2O/c1-2-20-13(19)7-4-8-18-10-16-14(17-18)11-5-3-6-12(15)9-11;13-10-4-1-3-9(7-10)12-14-8-16(15-12)6-2-5-11(17)18;;/h3-7,9-10H,2,8H2,1H3;1-5,7-8H,6H2,(H,17,18);;1H2/q;;+1;/p-1/b7-4+;5-2+;;. The molecule has 0 fully saturated rings. The summed E-state index contributed by atoms with van der Waals surface area (Å²) < 4.78 is 7.96. The van der Waals surface area contributed by atoms with Crippen molar-refractivity contribution in [1.29, 1.82) is 0 Å². The van der Waals surface area contributed by atoms with Crippen molar-refractivity contribution in [3.8, 4) is 22.8 Å². The number of rotatable bonds is 9. The number of benzene rings is 2. The van der Waals surface area contributed by atoms with Gasteiger partial charge in [-0.2, -0.15) is 10.2 Å². The van der Waals surface area contributed by atoms with E-state index in [2.05, 4.69) is 20.2 Å². The molecule has 0 atom stereocenters. The predicted molar refractivity (Wildman–Crippen MR) is 145 cm³/mol. The van der Waals surface area contributed by atoms with E-state index in [0.717, 1.165) is 17.2 Å². The summed E-state index contributed by atoms with van der Waals surface area (Å²) in [5.74, 6) is -0.189. The minimum absolute atomic E-state index is 0. The summed E-state index contributed by atoms with van der Waals surface area (Å²) in [5.41, 5.74) is 1.68. The van der Waals surface area contributed by atoms with Crippen LogP contribution in [0, 0.1) is 0 Å². The molecule has 11 nitrogen and oxygen atoms in total. The summed E-state index contributed by atoms with van der Waals surface area (Å²) in [7, 11) is 0. The number of carboxylic acid groups (broad SMARTS) is 1. The van der Waals surface area contributed by atoms with Gasteiger partial charge in [0.05, 0.1) is 19.7 Å². The number of nitrogens with zero attached hydrogens (tertiary/aromatic N) is 6. The van der Waals surface area contributed by atoms with Gasteiger partial charge in [0.15, 0.2) is 11.6 Å². The van der Waals surface area contributed by atoms with E-state index in [1.165, 1.54) is 12.2 Å². The maximum Gasteiger partial charge on any atom is 1.00 e. The zero-order chi connectivity index (χ0) is 27.3. The first-order chi connectivity index (χ1) is 18.3. The van der Waals surface area contributed by atoms with Crippen molar-refractivity contribution in [3.63, 3.8) is 0 Å². The van der Waals surface area contributed by atoms with Gasteiger partial charge in [-0.25, -0.2) is 28.9 Å². The molecule has 40 heavy (non-hydrogen) atoms. The fraction of sp³-hybridized carbons (Fsp3) is 0.154. The average molecular weight is 579 g/mol. The third-order valence-corrected chi connectivity index (χ3v) is 5.09. The summed E-state index contributed by atoms with van der Waals surface area (Å²) in [6.45, 7) is 2.94. The molecule has 0 aliphatic heterocycles. The number of aromatic nitrogens is 6. The van der Waals surface area contributed by atoms with E-state index in [1.54, 1.807) is 59.3 Å². The van der Waals surface area contributed by atoms with Crippen LogP contribution in [0.5, 0.6) is 0 Å². The molecule has 0 aliphatic rings. The van der Waals surface area contributed by atoms with Crippen molar-refractivity contribution in [2.45, 2.75) is 20.0 Å². The monoisotopic (exact) mass is 578 g/mol. The molecule has 2 aromatic carbocycles. The minimum Gasteiger partial charge on any atom is -0.870 e. The van der Waals surface area contributed by atoms with Crippen molar-refractivity contribution >= 4 is 35.1 Å². The van der Waals surface area contributed by atoms with Gasteiger partial charge in [0.2, 0.25) is 0 Å². The number of halogens is 2. The molecular weight excluding hydrogens is 554 g/mol. The molecule has 0 saturated carbocycles. The normalized spacial score (nSPS) is 10.4. The number of hydrogen-bond acceptors (Lipinski definition) is 8. The number of carbonyl (C=O) groups excluding carboxylic acids is 1. The first-order valence-corrected chi connectivity index (χ1v) is 12.1. The number of hydrogen-bond donors (Lipinski definition) is 1. The van der Waals surface area contributed by atoms with Gasteiger partial charge < -0.3 is 15.3 Å². The molecule has 2 N–H and O–H groups in total. The average Bonchev–Trinajstić information content (AvgIpc) is 3.55. The molecule has 0 saturated heterocycles. The molecule has 2 heterocycles. The fourth-order valence-corrected chi connectivity index (χ4v) is 3.37. The van der Waals surface area contributed by atoms with Gasteiger partial charge in [0.1, 0.15) is 12.7 Å². The Kier molecular flexibility index (Phi) is 15.3. The molecule has 4 aromatic rings. The van der Waals surface area contributed by atoms with Gasteiger partial charge in [-0.1, -0.05) is 59.6 Å². The van der Waals surface area contributed by atoms with Crippen molar-refractivity contribution in [2.75, 3.05) is 6.61 Å². The number of ether oxygens (including phenoxy) is 1. The van der Waals surface area contributed by atoms with E-state index in [0.29, 0.717) is 41.4 Å². The molecule has 0 radical (unpaired) electrons. The van der Waals surface area contributed by atoms with Crippen LogP contribution in [-0.4, -0.2) is 58.7 Å². The van der Waals surface area contributed by atoms with Crippen molar-refractivity contribution in [1.82, 2.24) is 29.5 Å². The number of aliphatic carboxylic acids is 1. The van der Waals surface area contributed by atoms with E-state index in [4.69, 9.17) is 33.0 Å².